The fourth-order valence-electron chi connectivity index (χ4n) is 2.66. The van der Waals surface area contributed by atoms with E-state index in [1.807, 2.05) is 0 Å². The van der Waals surface area contributed by atoms with Crippen LogP contribution in [0.1, 0.15) is 0 Å². The van der Waals surface area contributed by atoms with Crippen molar-refractivity contribution >= 4 is 17.4 Å². The topological polar surface area (TPSA) is 35.6 Å². The highest BCUT2D eigenvalue weighted by Gasteiger charge is 2.23. The number of halogens is 3. The first-order valence-electron chi connectivity index (χ1n) is 7.54. The van der Waals surface area contributed by atoms with Crippen molar-refractivity contribution in [2.75, 3.05) is 36.4 Å². The first-order chi connectivity index (χ1) is 11.5. The Balaban J connectivity index is 1.59. The van der Waals surface area contributed by atoms with Crippen LogP contribution in [0.4, 0.5) is 29.3 Å². The number of anilines is 2. The average Bonchev–Trinajstić information content (AvgIpc) is 2.55. The summed E-state index contributed by atoms with van der Waals surface area (Å²) in [5.74, 6) is -1.67. The predicted octanol–water partition coefficient (Wildman–Crippen LogP) is 3.46. The van der Waals surface area contributed by atoms with Gasteiger partial charge in [0.25, 0.3) is 0 Å². The van der Waals surface area contributed by atoms with E-state index in [2.05, 4.69) is 5.32 Å². The van der Waals surface area contributed by atoms with E-state index in [0.29, 0.717) is 37.6 Å². The van der Waals surface area contributed by atoms with E-state index in [-0.39, 0.29) is 6.03 Å². The molecule has 0 radical (unpaired) electrons. The van der Waals surface area contributed by atoms with Gasteiger partial charge in [0, 0.05) is 37.9 Å². The third kappa shape index (κ3) is 3.61. The van der Waals surface area contributed by atoms with Crippen molar-refractivity contribution < 1.29 is 18.0 Å². The van der Waals surface area contributed by atoms with Gasteiger partial charge in [0.05, 0.1) is 5.69 Å². The number of carbonyl (C=O) groups excluding carboxylic acids is 1. The summed E-state index contributed by atoms with van der Waals surface area (Å²) >= 11 is 0. The van der Waals surface area contributed by atoms with Gasteiger partial charge in [0.15, 0.2) is 0 Å². The highest BCUT2D eigenvalue weighted by atomic mass is 19.1. The molecule has 7 heteroatoms. The van der Waals surface area contributed by atoms with Crippen molar-refractivity contribution in [2.24, 2.45) is 0 Å². The summed E-state index contributed by atoms with van der Waals surface area (Å²) in [6, 6.07) is 8.77. The van der Waals surface area contributed by atoms with Gasteiger partial charge in [-0.2, -0.15) is 0 Å². The fourth-order valence-corrected chi connectivity index (χ4v) is 2.66. The largest absolute Gasteiger partial charge is 0.366 e. The van der Waals surface area contributed by atoms with Gasteiger partial charge in [0.1, 0.15) is 17.5 Å². The first-order valence-corrected chi connectivity index (χ1v) is 7.54. The normalized spacial score (nSPS) is 14.6. The number of hydrogen-bond donors (Lipinski definition) is 1. The lowest BCUT2D eigenvalue weighted by molar-refractivity contribution is 0.208. The minimum Gasteiger partial charge on any atom is -0.366 e. The van der Waals surface area contributed by atoms with Crippen molar-refractivity contribution in [3.8, 4) is 0 Å². The molecule has 0 atom stereocenters. The summed E-state index contributed by atoms with van der Waals surface area (Å²) in [5, 5.41) is 2.63. The molecule has 0 unspecified atom stereocenters. The number of carbonyl (C=O) groups is 1. The Bertz CT molecular complexity index is 746. The SMILES string of the molecule is O=C(Nc1cccc(F)c1)N1CCN(c2ccc(F)cc2F)CC1. The molecule has 1 aliphatic rings. The Morgan fingerprint density at radius 3 is 2.29 bits per heavy atom. The minimum atomic E-state index is -0.621. The van der Waals surface area contributed by atoms with E-state index in [9.17, 15) is 18.0 Å². The maximum atomic E-state index is 13.8. The molecule has 0 aliphatic carbocycles. The summed E-state index contributed by atoms with van der Waals surface area (Å²) < 4.78 is 39.9. The van der Waals surface area contributed by atoms with Crippen LogP contribution >= 0.6 is 0 Å². The van der Waals surface area contributed by atoms with Crippen LogP contribution in [-0.4, -0.2) is 37.1 Å². The van der Waals surface area contributed by atoms with E-state index in [4.69, 9.17) is 0 Å². The number of hydrogen-bond acceptors (Lipinski definition) is 2. The Labute approximate surface area is 137 Å². The van der Waals surface area contributed by atoms with Crippen LogP contribution in [0.3, 0.4) is 0 Å². The standard InChI is InChI=1S/C17H16F3N3O/c18-12-2-1-3-14(10-12)21-17(24)23-8-6-22(7-9-23)16-5-4-13(19)11-15(16)20/h1-5,10-11H,6-9H2,(H,21,24). The zero-order valence-corrected chi connectivity index (χ0v) is 12.8. The molecule has 1 aliphatic heterocycles. The number of urea groups is 1. The van der Waals surface area contributed by atoms with Crippen LogP contribution in [0.5, 0.6) is 0 Å². The van der Waals surface area contributed by atoms with E-state index < -0.39 is 17.5 Å². The number of piperazine rings is 1. The van der Waals surface area contributed by atoms with Gasteiger partial charge in [-0.3, -0.25) is 0 Å². The van der Waals surface area contributed by atoms with Gasteiger partial charge in [-0.1, -0.05) is 6.07 Å². The van der Waals surface area contributed by atoms with Gasteiger partial charge >= 0.3 is 6.03 Å². The van der Waals surface area contributed by atoms with E-state index >= 15 is 0 Å². The molecule has 0 saturated carbocycles. The van der Waals surface area contributed by atoms with Gasteiger partial charge in [-0.15, -0.1) is 0 Å². The molecule has 2 aromatic rings. The Morgan fingerprint density at radius 2 is 1.62 bits per heavy atom. The molecule has 1 N–H and O–H groups in total. The van der Waals surface area contributed by atoms with Crippen LogP contribution in [0.25, 0.3) is 0 Å². The molecule has 126 valence electrons. The number of nitrogens with zero attached hydrogens (tertiary/aromatic N) is 2. The smallest absolute Gasteiger partial charge is 0.321 e. The molecular weight excluding hydrogens is 319 g/mol. The first kappa shape index (κ1) is 16.2. The van der Waals surface area contributed by atoms with E-state index in [0.717, 1.165) is 6.07 Å². The highest BCUT2D eigenvalue weighted by molar-refractivity contribution is 5.89. The van der Waals surface area contributed by atoms with Crippen LogP contribution in [0.2, 0.25) is 0 Å². The molecule has 24 heavy (non-hydrogen) atoms. The molecule has 2 aromatic carbocycles. The van der Waals surface area contributed by atoms with Gasteiger partial charge in [0.2, 0.25) is 0 Å². The Morgan fingerprint density at radius 1 is 0.917 bits per heavy atom. The zero-order valence-electron chi connectivity index (χ0n) is 12.8. The lowest BCUT2D eigenvalue weighted by Crippen LogP contribution is -2.50. The van der Waals surface area contributed by atoms with Crippen LogP contribution < -0.4 is 10.2 Å². The van der Waals surface area contributed by atoms with Crippen molar-refractivity contribution in [3.05, 3.63) is 59.9 Å². The lowest BCUT2D eigenvalue weighted by atomic mass is 10.2. The van der Waals surface area contributed by atoms with Gasteiger partial charge in [-0.25, -0.2) is 18.0 Å². The van der Waals surface area contributed by atoms with Crippen molar-refractivity contribution in [1.29, 1.82) is 0 Å². The molecule has 0 bridgehead atoms. The summed E-state index contributed by atoms with van der Waals surface area (Å²) in [6.07, 6.45) is 0. The van der Waals surface area contributed by atoms with E-state index in [1.165, 1.54) is 30.3 Å². The summed E-state index contributed by atoms with van der Waals surface area (Å²) in [5.41, 5.74) is 0.702. The molecular formula is C17H16F3N3O. The van der Waals surface area contributed by atoms with E-state index in [1.54, 1.807) is 15.9 Å². The van der Waals surface area contributed by atoms with Crippen LogP contribution in [0, 0.1) is 17.5 Å². The second-order valence-electron chi connectivity index (χ2n) is 5.51. The van der Waals surface area contributed by atoms with Gasteiger partial charge < -0.3 is 15.1 Å². The quantitative estimate of drug-likeness (QED) is 0.912. The predicted molar refractivity (Wildman–Crippen MR) is 85.6 cm³/mol. The molecule has 4 nitrogen and oxygen atoms in total. The second-order valence-corrected chi connectivity index (χ2v) is 5.51. The van der Waals surface area contributed by atoms with Crippen molar-refractivity contribution in [2.45, 2.75) is 0 Å². The average molecular weight is 335 g/mol. The maximum Gasteiger partial charge on any atom is 0.321 e. The number of benzene rings is 2. The van der Waals surface area contributed by atoms with Crippen molar-refractivity contribution in [3.63, 3.8) is 0 Å². The Kier molecular flexibility index (Phi) is 4.59. The molecule has 2 amide bonds. The number of rotatable bonds is 2. The fraction of sp³-hybridized carbons (Fsp3) is 0.235. The molecule has 1 saturated heterocycles. The third-order valence-corrected chi connectivity index (χ3v) is 3.89. The number of amides is 2. The molecule has 1 fully saturated rings. The third-order valence-electron chi connectivity index (χ3n) is 3.89. The lowest BCUT2D eigenvalue weighted by Gasteiger charge is -2.36. The summed E-state index contributed by atoms with van der Waals surface area (Å²) in [7, 11) is 0. The number of nitrogens with one attached hydrogen (secondary N) is 1. The minimum absolute atomic E-state index is 0.321. The summed E-state index contributed by atoms with van der Waals surface area (Å²) in [4.78, 5) is 15.5. The second kappa shape index (κ2) is 6.82. The molecule has 3 rings (SSSR count). The summed E-state index contributed by atoms with van der Waals surface area (Å²) in [6.45, 7) is 1.63. The monoisotopic (exact) mass is 335 g/mol. The Hall–Kier alpha value is -2.70. The van der Waals surface area contributed by atoms with Crippen LogP contribution in [-0.2, 0) is 0 Å². The maximum absolute atomic E-state index is 13.8. The molecule has 0 spiro atoms. The van der Waals surface area contributed by atoms with Gasteiger partial charge in [-0.05, 0) is 30.3 Å². The molecule has 1 heterocycles. The molecule has 0 aromatic heterocycles. The van der Waals surface area contributed by atoms with Crippen LogP contribution in [0.15, 0.2) is 42.5 Å². The zero-order chi connectivity index (χ0) is 17.1. The highest BCUT2D eigenvalue weighted by Crippen LogP contribution is 2.22. The van der Waals surface area contributed by atoms with Crippen molar-refractivity contribution in [1.82, 2.24) is 4.90 Å².